The normalized spacial score (nSPS) is 17.9. The molecule has 0 bridgehead atoms. The SMILES string of the molecule is Cc1ccc(NC(=O)CN2CCC[C@H](c3nc4ccccc4o3)C2)cc1C. The largest absolute Gasteiger partial charge is 0.440 e. The fourth-order valence-electron chi connectivity index (χ4n) is 3.69. The minimum absolute atomic E-state index is 0.0245. The molecular formula is C22H25N3O2. The Morgan fingerprint density at radius 1 is 1.22 bits per heavy atom. The lowest BCUT2D eigenvalue weighted by atomic mass is 9.98. The van der Waals surface area contributed by atoms with Crippen LogP contribution in [0.3, 0.4) is 0 Å². The molecule has 1 fully saturated rings. The molecule has 5 heteroatoms. The van der Waals surface area contributed by atoms with Crippen LogP contribution in [0, 0.1) is 13.8 Å². The highest BCUT2D eigenvalue weighted by Crippen LogP contribution is 2.28. The van der Waals surface area contributed by atoms with Gasteiger partial charge in [0.1, 0.15) is 5.52 Å². The third-order valence-corrected chi connectivity index (χ3v) is 5.32. The topological polar surface area (TPSA) is 58.4 Å². The second-order valence-corrected chi connectivity index (χ2v) is 7.44. The summed E-state index contributed by atoms with van der Waals surface area (Å²) in [7, 11) is 0. The number of rotatable bonds is 4. The van der Waals surface area contributed by atoms with E-state index in [2.05, 4.69) is 29.0 Å². The average molecular weight is 363 g/mol. The van der Waals surface area contributed by atoms with Gasteiger partial charge in [-0.05, 0) is 68.6 Å². The van der Waals surface area contributed by atoms with Gasteiger partial charge in [0.15, 0.2) is 11.5 Å². The first-order valence-corrected chi connectivity index (χ1v) is 9.53. The third kappa shape index (κ3) is 4.03. The van der Waals surface area contributed by atoms with Crippen LogP contribution in [0.15, 0.2) is 46.9 Å². The van der Waals surface area contributed by atoms with Crippen LogP contribution in [0.5, 0.6) is 0 Å². The monoisotopic (exact) mass is 363 g/mol. The molecule has 0 spiro atoms. The lowest BCUT2D eigenvalue weighted by Gasteiger charge is -2.30. The van der Waals surface area contributed by atoms with Gasteiger partial charge in [0.25, 0.3) is 0 Å². The summed E-state index contributed by atoms with van der Waals surface area (Å²) in [6.07, 6.45) is 2.09. The quantitative estimate of drug-likeness (QED) is 0.752. The average Bonchev–Trinajstić information content (AvgIpc) is 3.09. The number of aromatic nitrogens is 1. The van der Waals surface area contributed by atoms with E-state index in [1.54, 1.807) is 0 Å². The maximum absolute atomic E-state index is 12.5. The van der Waals surface area contributed by atoms with E-state index >= 15 is 0 Å². The summed E-state index contributed by atoms with van der Waals surface area (Å²) in [6.45, 7) is 6.25. The van der Waals surface area contributed by atoms with E-state index in [-0.39, 0.29) is 11.8 Å². The fourth-order valence-corrected chi connectivity index (χ4v) is 3.69. The Bertz CT molecular complexity index is 930. The van der Waals surface area contributed by atoms with E-state index in [0.29, 0.717) is 6.54 Å². The van der Waals surface area contributed by atoms with Crippen molar-refractivity contribution in [1.82, 2.24) is 9.88 Å². The van der Waals surface area contributed by atoms with Crippen molar-refractivity contribution in [2.75, 3.05) is 25.0 Å². The molecule has 1 atom stereocenters. The maximum atomic E-state index is 12.5. The van der Waals surface area contributed by atoms with E-state index in [0.717, 1.165) is 48.6 Å². The van der Waals surface area contributed by atoms with E-state index in [9.17, 15) is 4.79 Å². The number of para-hydroxylation sites is 2. The molecule has 1 aliphatic rings. The number of amides is 1. The Hall–Kier alpha value is -2.66. The summed E-state index contributed by atoms with van der Waals surface area (Å²) >= 11 is 0. The molecule has 4 rings (SSSR count). The molecule has 5 nitrogen and oxygen atoms in total. The molecule has 2 aromatic carbocycles. The van der Waals surface area contributed by atoms with Gasteiger partial charge < -0.3 is 9.73 Å². The zero-order valence-electron chi connectivity index (χ0n) is 15.9. The molecule has 1 saturated heterocycles. The maximum Gasteiger partial charge on any atom is 0.238 e. The molecule has 1 aromatic heterocycles. The van der Waals surface area contributed by atoms with Crippen molar-refractivity contribution in [3.05, 3.63) is 59.5 Å². The van der Waals surface area contributed by atoms with E-state index in [1.165, 1.54) is 11.1 Å². The molecule has 1 N–H and O–H groups in total. The van der Waals surface area contributed by atoms with Crippen molar-refractivity contribution in [1.29, 1.82) is 0 Å². The first kappa shape index (κ1) is 17.7. The van der Waals surface area contributed by atoms with Crippen LogP contribution in [-0.4, -0.2) is 35.4 Å². The lowest BCUT2D eigenvalue weighted by molar-refractivity contribution is -0.117. The number of likely N-dealkylation sites (tertiary alicyclic amines) is 1. The molecule has 0 unspecified atom stereocenters. The zero-order valence-corrected chi connectivity index (χ0v) is 15.9. The van der Waals surface area contributed by atoms with Crippen LogP contribution in [0.1, 0.15) is 35.8 Å². The number of carbonyl (C=O) groups is 1. The minimum atomic E-state index is 0.0245. The van der Waals surface area contributed by atoms with Crippen molar-refractivity contribution < 1.29 is 9.21 Å². The molecule has 1 amide bonds. The van der Waals surface area contributed by atoms with Gasteiger partial charge in [0, 0.05) is 18.2 Å². The number of piperidine rings is 1. The molecule has 1 aliphatic heterocycles. The van der Waals surface area contributed by atoms with Gasteiger partial charge in [-0.3, -0.25) is 9.69 Å². The lowest BCUT2D eigenvalue weighted by Crippen LogP contribution is -2.39. The van der Waals surface area contributed by atoms with Crippen molar-refractivity contribution in [2.24, 2.45) is 0 Å². The summed E-state index contributed by atoms with van der Waals surface area (Å²) in [4.78, 5) is 19.3. The minimum Gasteiger partial charge on any atom is -0.440 e. The highest BCUT2D eigenvalue weighted by molar-refractivity contribution is 5.92. The number of anilines is 1. The first-order valence-electron chi connectivity index (χ1n) is 9.53. The number of hydrogen-bond donors (Lipinski definition) is 1. The Morgan fingerprint density at radius 3 is 2.89 bits per heavy atom. The number of hydrogen-bond acceptors (Lipinski definition) is 4. The van der Waals surface area contributed by atoms with E-state index in [1.807, 2.05) is 42.5 Å². The van der Waals surface area contributed by atoms with Crippen LogP contribution in [0.4, 0.5) is 5.69 Å². The van der Waals surface area contributed by atoms with Crippen LogP contribution in [-0.2, 0) is 4.79 Å². The summed E-state index contributed by atoms with van der Waals surface area (Å²) < 4.78 is 5.94. The predicted octanol–water partition coefficient (Wildman–Crippen LogP) is 4.26. The molecule has 0 saturated carbocycles. The number of carbonyl (C=O) groups excluding carboxylic acids is 1. The number of oxazole rings is 1. The number of benzene rings is 2. The number of aryl methyl sites for hydroxylation is 2. The molecular weight excluding hydrogens is 338 g/mol. The van der Waals surface area contributed by atoms with Crippen molar-refractivity contribution in [2.45, 2.75) is 32.6 Å². The van der Waals surface area contributed by atoms with Gasteiger partial charge >= 0.3 is 0 Å². The molecule has 2 heterocycles. The third-order valence-electron chi connectivity index (χ3n) is 5.32. The Labute approximate surface area is 159 Å². The smallest absolute Gasteiger partial charge is 0.238 e. The summed E-state index contributed by atoms with van der Waals surface area (Å²) in [6, 6.07) is 13.9. The van der Waals surface area contributed by atoms with E-state index in [4.69, 9.17) is 4.42 Å². The highest BCUT2D eigenvalue weighted by Gasteiger charge is 2.26. The zero-order chi connectivity index (χ0) is 18.8. The second kappa shape index (κ2) is 7.53. The van der Waals surface area contributed by atoms with Crippen molar-refractivity contribution in [3.8, 4) is 0 Å². The Balaban J connectivity index is 1.39. The number of fused-ring (bicyclic) bond motifs is 1. The van der Waals surface area contributed by atoms with Gasteiger partial charge in [-0.15, -0.1) is 0 Å². The van der Waals surface area contributed by atoms with Crippen LogP contribution in [0.25, 0.3) is 11.1 Å². The number of nitrogens with zero attached hydrogens (tertiary/aromatic N) is 2. The first-order chi connectivity index (χ1) is 13.1. The highest BCUT2D eigenvalue weighted by atomic mass is 16.3. The van der Waals surface area contributed by atoms with Crippen molar-refractivity contribution >= 4 is 22.7 Å². The van der Waals surface area contributed by atoms with Crippen LogP contribution >= 0.6 is 0 Å². The van der Waals surface area contributed by atoms with Gasteiger partial charge in [-0.2, -0.15) is 0 Å². The second-order valence-electron chi connectivity index (χ2n) is 7.44. The van der Waals surface area contributed by atoms with Crippen LogP contribution < -0.4 is 5.32 Å². The standard InChI is InChI=1S/C22H25N3O2/c1-15-9-10-18(12-16(15)2)23-21(26)14-25-11-5-6-17(13-25)22-24-19-7-3-4-8-20(19)27-22/h3-4,7-10,12,17H,5-6,11,13-14H2,1-2H3,(H,23,26)/t17-/m0/s1. The van der Waals surface area contributed by atoms with Gasteiger partial charge in [0.2, 0.25) is 5.91 Å². The Kier molecular flexibility index (Phi) is 4.94. The Morgan fingerprint density at radius 2 is 2.07 bits per heavy atom. The van der Waals surface area contributed by atoms with Gasteiger partial charge in [-0.1, -0.05) is 18.2 Å². The van der Waals surface area contributed by atoms with Crippen LogP contribution in [0.2, 0.25) is 0 Å². The van der Waals surface area contributed by atoms with Gasteiger partial charge in [0.05, 0.1) is 6.54 Å². The fraction of sp³-hybridized carbons (Fsp3) is 0.364. The summed E-state index contributed by atoms with van der Waals surface area (Å²) in [5.41, 5.74) is 5.00. The summed E-state index contributed by atoms with van der Waals surface area (Å²) in [5.74, 6) is 1.05. The molecule has 27 heavy (non-hydrogen) atoms. The van der Waals surface area contributed by atoms with E-state index < -0.39 is 0 Å². The number of nitrogens with one attached hydrogen (secondary N) is 1. The molecule has 3 aromatic rings. The van der Waals surface area contributed by atoms with Gasteiger partial charge in [-0.25, -0.2) is 4.98 Å². The molecule has 0 radical (unpaired) electrons. The summed E-state index contributed by atoms with van der Waals surface area (Å²) in [5, 5.41) is 3.01. The molecule has 140 valence electrons. The molecule has 0 aliphatic carbocycles. The predicted molar refractivity (Wildman–Crippen MR) is 107 cm³/mol. The van der Waals surface area contributed by atoms with Crippen molar-refractivity contribution in [3.63, 3.8) is 0 Å².